The van der Waals surface area contributed by atoms with E-state index in [1.165, 1.54) is 51.4 Å². The molecular formula is C32H45F5. The Morgan fingerprint density at radius 2 is 1.30 bits per heavy atom. The van der Waals surface area contributed by atoms with Gasteiger partial charge in [0.15, 0.2) is 0 Å². The molecule has 5 heteroatoms. The first-order valence-corrected chi connectivity index (χ1v) is 15.0. The van der Waals surface area contributed by atoms with E-state index in [4.69, 9.17) is 0 Å². The smallest absolute Gasteiger partial charge is 0.212 e. The van der Waals surface area contributed by atoms with E-state index >= 15 is 0 Å². The second kappa shape index (κ2) is 13.1. The highest BCUT2D eigenvalue weighted by molar-refractivity contribution is 5.28. The number of aryl methyl sites for hydroxylation is 1. The molecule has 0 N–H and O–H groups in total. The SMILES string of the molecule is CCCCCc1ccc(C2CCC(C3CCC(C4CCC(/C(F)=C/C(F)(F)F)CC4)CC3)CC2)c(F)c1. The average Bonchev–Trinajstić information content (AvgIpc) is 2.88. The predicted octanol–water partition coefficient (Wildman–Crippen LogP) is 10.9. The first-order valence-electron chi connectivity index (χ1n) is 15.0. The third kappa shape index (κ3) is 8.05. The summed E-state index contributed by atoms with van der Waals surface area (Å²) < 4.78 is 66.3. The molecule has 37 heavy (non-hydrogen) atoms. The molecule has 0 saturated heterocycles. The molecule has 0 amide bonds. The van der Waals surface area contributed by atoms with Crippen molar-refractivity contribution < 1.29 is 22.0 Å². The van der Waals surface area contributed by atoms with Crippen LogP contribution < -0.4 is 0 Å². The number of allylic oxidation sites excluding steroid dienone is 2. The van der Waals surface area contributed by atoms with E-state index in [1.807, 2.05) is 6.07 Å². The molecule has 3 saturated carbocycles. The molecule has 0 atom stereocenters. The van der Waals surface area contributed by atoms with E-state index in [0.29, 0.717) is 30.6 Å². The fourth-order valence-electron chi connectivity index (χ4n) is 7.77. The zero-order valence-electron chi connectivity index (χ0n) is 22.5. The molecule has 3 fully saturated rings. The van der Waals surface area contributed by atoms with Crippen LogP contribution in [0.2, 0.25) is 0 Å². The molecule has 0 radical (unpaired) electrons. The summed E-state index contributed by atoms with van der Waals surface area (Å²) in [6, 6.07) is 5.95. The van der Waals surface area contributed by atoms with Crippen LogP contribution >= 0.6 is 0 Å². The van der Waals surface area contributed by atoms with Crippen LogP contribution in [-0.2, 0) is 6.42 Å². The molecule has 0 nitrogen and oxygen atoms in total. The van der Waals surface area contributed by atoms with Crippen molar-refractivity contribution in [3.05, 3.63) is 47.0 Å². The minimum Gasteiger partial charge on any atom is -0.212 e. The van der Waals surface area contributed by atoms with Gasteiger partial charge < -0.3 is 0 Å². The minimum absolute atomic E-state index is 0.0125. The Hall–Kier alpha value is -1.39. The number of unbranched alkanes of at least 4 members (excludes halogenated alkanes) is 2. The maximum absolute atomic E-state index is 14.9. The molecular weight excluding hydrogens is 479 g/mol. The van der Waals surface area contributed by atoms with Crippen LogP contribution in [0.4, 0.5) is 22.0 Å². The van der Waals surface area contributed by atoms with Gasteiger partial charge >= 0.3 is 6.18 Å². The van der Waals surface area contributed by atoms with E-state index in [-0.39, 0.29) is 11.9 Å². The van der Waals surface area contributed by atoms with Crippen LogP contribution in [0.15, 0.2) is 30.1 Å². The fraction of sp³-hybridized carbons (Fsp3) is 0.750. The van der Waals surface area contributed by atoms with Crippen LogP contribution in [0.1, 0.15) is 120 Å². The Balaban J connectivity index is 1.19. The van der Waals surface area contributed by atoms with Crippen LogP contribution in [0.3, 0.4) is 0 Å². The highest BCUT2D eigenvalue weighted by Gasteiger charge is 2.36. The first-order chi connectivity index (χ1) is 17.7. The van der Waals surface area contributed by atoms with Gasteiger partial charge in [-0.25, -0.2) is 8.78 Å². The first kappa shape index (κ1) is 28.6. The molecule has 4 rings (SSSR count). The molecule has 0 aliphatic heterocycles. The molecule has 3 aliphatic carbocycles. The van der Waals surface area contributed by atoms with Crippen LogP contribution in [0.5, 0.6) is 0 Å². The van der Waals surface area contributed by atoms with E-state index in [1.54, 1.807) is 6.07 Å². The maximum Gasteiger partial charge on any atom is 0.412 e. The summed E-state index contributed by atoms with van der Waals surface area (Å²) >= 11 is 0. The summed E-state index contributed by atoms with van der Waals surface area (Å²) in [5.74, 6) is 1.49. The molecule has 3 aliphatic rings. The number of rotatable bonds is 8. The largest absolute Gasteiger partial charge is 0.412 e. The predicted molar refractivity (Wildman–Crippen MR) is 140 cm³/mol. The Morgan fingerprint density at radius 3 is 1.78 bits per heavy atom. The van der Waals surface area contributed by atoms with Gasteiger partial charge in [0.25, 0.3) is 0 Å². The second-order valence-electron chi connectivity index (χ2n) is 12.3. The Kier molecular flexibility index (Phi) is 10.1. The third-order valence-electron chi connectivity index (χ3n) is 9.96. The Labute approximate surface area is 220 Å². The van der Waals surface area contributed by atoms with Crippen molar-refractivity contribution >= 4 is 0 Å². The van der Waals surface area contributed by atoms with Gasteiger partial charge in [-0.3, -0.25) is 0 Å². The summed E-state index contributed by atoms with van der Waals surface area (Å²) in [5.41, 5.74) is 2.04. The fourth-order valence-corrected chi connectivity index (χ4v) is 7.77. The van der Waals surface area contributed by atoms with Gasteiger partial charge in [-0.05, 0) is 137 Å². The zero-order valence-corrected chi connectivity index (χ0v) is 22.5. The Morgan fingerprint density at radius 1 is 0.784 bits per heavy atom. The van der Waals surface area contributed by atoms with E-state index in [9.17, 15) is 22.0 Å². The summed E-state index contributed by atoms with van der Waals surface area (Å²) in [6.07, 6.45) is 12.0. The average molecular weight is 525 g/mol. The summed E-state index contributed by atoms with van der Waals surface area (Å²) in [7, 11) is 0. The van der Waals surface area contributed by atoms with Crippen molar-refractivity contribution in [2.75, 3.05) is 0 Å². The van der Waals surface area contributed by atoms with Crippen LogP contribution in [0, 0.1) is 35.4 Å². The van der Waals surface area contributed by atoms with Gasteiger partial charge in [-0.15, -0.1) is 0 Å². The van der Waals surface area contributed by atoms with Gasteiger partial charge in [-0.2, -0.15) is 13.2 Å². The van der Waals surface area contributed by atoms with Gasteiger partial charge in [0.05, 0.1) is 6.08 Å². The van der Waals surface area contributed by atoms with Crippen molar-refractivity contribution in [2.24, 2.45) is 29.6 Å². The van der Waals surface area contributed by atoms with E-state index in [0.717, 1.165) is 61.5 Å². The lowest BCUT2D eigenvalue weighted by Crippen LogP contribution is -2.29. The standard InChI is InChI=1S/C32H45F5/c1-2-3-4-5-22-6-19-29(30(33)20-22)27-15-11-25(12-16-27)23-7-9-24(10-8-23)26-13-17-28(18-14-26)31(34)21-32(35,36)37/h6,19-21,23-28H,2-5,7-18H2,1H3/b31-21-. The molecule has 0 aromatic heterocycles. The topological polar surface area (TPSA) is 0 Å². The molecule has 1 aromatic rings. The quantitative estimate of drug-likeness (QED) is 0.234. The molecule has 1 aromatic carbocycles. The van der Waals surface area contributed by atoms with Crippen molar-refractivity contribution in [3.63, 3.8) is 0 Å². The monoisotopic (exact) mass is 524 g/mol. The molecule has 0 spiro atoms. The summed E-state index contributed by atoms with van der Waals surface area (Å²) in [4.78, 5) is 0. The minimum atomic E-state index is -4.56. The normalized spacial score (nSPS) is 31.9. The maximum atomic E-state index is 14.9. The highest BCUT2D eigenvalue weighted by atomic mass is 19.4. The third-order valence-corrected chi connectivity index (χ3v) is 9.96. The van der Waals surface area contributed by atoms with E-state index < -0.39 is 17.9 Å². The zero-order chi connectivity index (χ0) is 26.4. The number of hydrogen-bond acceptors (Lipinski definition) is 0. The summed E-state index contributed by atoms with van der Waals surface area (Å²) in [6.45, 7) is 2.19. The number of halogens is 5. The highest BCUT2D eigenvalue weighted by Crippen LogP contribution is 2.48. The van der Waals surface area contributed by atoms with Crippen LogP contribution in [0.25, 0.3) is 0 Å². The van der Waals surface area contributed by atoms with Gasteiger partial charge in [0, 0.05) is 5.92 Å². The molecule has 0 unspecified atom stereocenters. The number of alkyl halides is 3. The van der Waals surface area contributed by atoms with Crippen molar-refractivity contribution in [1.82, 2.24) is 0 Å². The number of hydrogen-bond donors (Lipinski definition) is 0. The van der Waals surface area contributed by atoms with Gasteiger partial charge in [0.2, 0.25) is 0 Å². The van der Waals surface area contributed by atoms with Crippen molar-refractivity contribution in [2.45, 2.75) is 122 Å². The van der Waals surface area contributed by atoms with Crippen LogP contribution in [-0.4, -0.2) is 6.18 Å². The second-order valence-corrected chi connectivity index (χ2v) is 12.3. The molecule has 0 bridgehead atoms. The van der Waals surface area contributed by atoms with E-state index in [2.05, 4.69) is 13.0 Å². The lowest BCUT2D eigenvalue weighted by atomic mass is 9.64. The summed E-state index contributed by atoms with van der Waals surface area (Å²) in [5, 5.41) is 0. The lowest BCUT2D eigenvalue weighted by molar-refractivity contribution is -0.0821. The Bertz CT molecular complexity index is 864. The van der Waals surface area contributed by atoms with Crippen molar-refractivity contribution in [3.8, 4) is 0 Å². The molecule has 208 valence electrons. The number of benzene rings is 1. The lowest BCUT2D eigenvalue weighted by Gasteiger charge is -2.41. The molecule has 0 heterocycles. The van der Waals surface area contributed by atoms with Gasteiger partial charge in [0.1, 0.15) is 11.6 Å². The van der Waals surface area contributed by atoms with Gasteiger partial charge in [-0.1, -0.05) is 31.9 Å². The van der Waals surface area contributed by atoms with Crippen molar-refractivity contribution in [1.29, 1.82) is 0 Å².